The number of ether oxygens (including phenoxy) is 1. The fourth-order valence-corrected chi connectivity index (χ4v) is 1.99. The highest BCUT2D eigenvalue weighted by Crippen LogP contribution is 2.15. The summed E-state index contributed by atoms with van der Waals surface area (Å²) in [5, 5.41) is 2.79. The number of anilines is 1. The lowest BCUT2D eigenvalue weighted by molar-refractivity contribution is -0.115. The van der Waals surface area contributed by atoms with Gasteiger partial charge in [-0.2, -0.15) is 0 Å². The smallest absolute Gasteiger partial charge is 0.228 e. The van der Waals surface area contributed by atoms with Crippen molar-refractivity contribution in [2.24, 2.45) is 0 Å². The van der Waals surface area contributed by atoms with Crippen molar-refractivity contribution in [3.63, 3.8) is 0 Å². The second-order valence-electron chi connectivity index (χ2n) is 4.71. The number of hydrogen-bond donors (Lipinski definition) is 1. The van der Waals surface area contributed by atoms with E-state index in [0.717, 1.165) is 11.3 Å². The molecule has 1 N–H and O–H groups in total. The van der Waals surface area contributed by atoms with E-state index in [1.54, 1.807) is 31.4 Å². The van der Waals surface area contributed by atoms with E-state index in [1.807, 2.05) is 24.3 Å². The van der Waals surface area contributed by atoms with E-state index < -0.39 is 0 Å². The number of hydrogen-bond acceptors (Lipinski definition) is 3. The van der Waals surface area contributed by atoms with Crippen molar-refractivity contribution < 1.29 is 14.3 Å². The van der Waals surface area contributed by atoms with E-state index in [2.05, 4.69) is 5.32 Å². The third kappa shape index (κ3) is 4.18. The Morgan fingerprint density at radius 1 is 1.10 bits per heavy atom. The summed E-state index contributed by atoms with van der Waals surface area (Å²) in [6.07, 6.45) is 0.251. The summed E-state index contributed by atoms with van der Waals surface area (Å²) >= 11 is 0. The Morgan fingerprint density at radius 3 is 2.57 bits per heavy atom. The van der Waals surface area contributed by atoms with Crippen molar-refractivity contribution in [2.75, 3.05) is 12.4 Å². The van der Waals surface area contributed by atoms with Crippen LogP contribution in [0.3, 0.4) is 0 Å². The molecule has 108 valence electrons. The zero-order chi connectivity index (χ0) is 15.2. The van der Waals surface area contributed by atoms with Gasteiger partial charge in [0.25, 0.3) is 0 Å². The number of methoxy groups -OCH3 is 1. The molecular weight excluding hydrogens is 266 g/mol. The molecule has 2 rings (SSSR count). The van der Waals surface area contributed by atoms with E-state index in [9.17, 15) is 9.59 Å². The lowest BCUT2D eigenvalue weighted by atomic mass is 10.1. The first-order valence-electron chi connectivity index (χ1n) is 6.62. The van der Waals surface area contributed by atoms with Gasteiger partial charge in [-0.1, -0.05) is 24.3 Å². The van der Waals surface area contributed by atoms with Crippen LogP contribution in [0.4, 0.5) is 5.69 Å². The summed E-state index contributed by atoms with van der Waals surface area (Å²) < 4.78 is 5.13. The van der Waals surface area contributed by atoms with Crippen LogP contribution >= 0.6 is 0 Å². The Kier molecular flexibility index (Phi) is 4.72. The fourth-order valence-electron chi connectivity index (χ4n) is 1.99. The van der Waals surface area contributed by atoms with E-state index in [1.165, 1.54) is 6.92 Å². The van der Waals surface area contributed by atoms with E-state index in [-0.39, 0.29) is 18.1 Å². The molecule has 0 unspecified atom stereocenters. The predicted octanol–water partition coefficient (Wildman–Crippen LogP) is 3.08. The average molecular weight is 283 g/mol. The van der Waals surface area contributed by atoms with Crippen molar-refractivity contribution in [1.29, 1.82) is 0 Å². The van der Waals surface area contributed by atoms with Gasteiger partial charge in [-0.25, -0.2) is 0 Å². The maximum atomic E-state index is 12.0. The molecule has 4 nitrogen and oxygen atoms in total. The molecule has 0 aliphatic rings. The van der Waals surface area contributed by atoms with Crippen LogP contribution in [-0.2, 0) is 11.2 Å². The Bertz CT molecular complexity index is 665. The molecule has 0 aromatic heterocycles. The second kappa shape index (κ2) is 6.70. The summed E-state index contributed by atoms with van der Waals surface area (Å²) in [6.45, 7) is 1.50. The molecule has 0 saturated heterocycles. The Hall–Kier alpha value is -2.62. The molecular formula is C17H17NO3. The third-order valence-corrected chi connectivity index (χ3v) is 3.05. The van der Waals surface area contributed by atoms with Gasteiger partial charge in [-0.05, 0) is 36.8 Å². The van der Waals surface area contributed by atoms with Gasteiger partial charge in [0.1, 0.15) is 5.75 Å². The van der Waals surface area contributed by atoms with Crippen molar-refractivity contribution in [3.05, 3.63) is 59.7 Å². The first-order valence-corrected chi connectivity index (χ1v) is 6.62. The normalized spacial score (nSPS) is 10.0. The summed E-state index contributed by atoms with van der Waals surface area (Å²) in [5.41, 5.74) is 2.07. The van der Waals surface area contributed by atoms with E-state index in [4.69, 9.17) is 4.74 Å². The third-order valence-electron chi connectivity index (χ3n) is 3.05. The first kappa shape index (κ1) is 14.8. The number of amides is 1. The monoisotopic (exact) mass is 283 g/mol. The van der Waals surface area contributed by atoms with Crippen LogP contribution in [0.2, 0.25) is 0 Å². The molecule has 2 aromatic carbocycles. The van der Waals surface area contributed by atoms with Crippen molar-refractivity contribution >= 4 is 17.4 Å². The minimum atomic E-state index is -0.135. The van der Waals surface area contributed by atoms with Gasteiger partial charge in [0, 0.05) is 11.3 Å². The second-order valence-corrected chi connectivity index (χ2v) is 4.71. The largest absolute Gasteiger partial charge is 0.497 e. The average Bonchev–Trinajstić information content (AvgIpc) is 2.47. The molecule has 0 spiro atoms. The van der Waals surface area contributed by atoms with Crippen LogP contribution in [0, 0.1) is 0 Å². The van der Waals surface area contributed by atoms with Gasteiger partial charge in [0.05, 0.1) is 13.5 Å². The molecule has 0 aliphatic carbocycles. The Balaban J connectivity index is 2.04. The molecule has 4 heteroatoms. The van der Waals surface area contributed by atoms with Gasteiger partial charge in [-0.15, -0.1) is 0 Å². The van der Waals surface area contributed by atoms with Gasteiger partial charge >= 0.3 is 0 Å². The van der Waals surface area contributed by atoms with Gasteiger partial charge in [0.15, 0.2) is 5.78 Å². The van der Waals surface area contributed by atoms with Crippen molar-refractivity contribution in [1.82, 2.24) is 0 Å². The maximum Gasteiger partial charge on any atom is 0.228 e. The highest BCUT2D eigenvalue weighted by atomic mass is 16.5. The van der Waals surface area contributed by atoms with Crippen LogP contribution in [0.15, 0.2) is 48.5 Å². The van der Waals surface area contributed by atoms with E-state index >= 15 is 0 Å². The minimum absolute atomic E-state index is 0.0288. The van der Waals surface area contributed by atoms with Gasteiger partial charge in [0.2, 0.25) is 5.91 Å². The highest BCUT2D eigenvalue weighted by molar-refractivity contribution is 5.97. The zero-order valence-corrected chi connectivity index (χ0v) is 12.1. The Labute approximate surface area is 123 Å². The molecule has 0 fully saturated rings. The van der Waals surface area contributed by atoms with Crippen LogP contribution < -0.4 is 10.1 Å². The van der Waals surface area contributed by atoms with Gasteiger partial charge < -0.3 is 10.1 Å². The summed E-state index contributed by atoms with van der Waals surface area (Å²) in [6, 6.07) is 14.3. The lowest BCUT2D eigenvalue weighted by Gasteiger charge is -2.07. The molecule has 0 bridgehead atoms. The molecule has 0 aliphatic heterocycles. The first-order chi connectivity index (χ1) is 10.1. The molecule has 1 amide bonds. The number of nitrogens with one attached hydrogen (secondary N) is 1. The molecule has 21 heavy (non-hydrogen) atoms. The van der Waals surface area contributed by atoms with Crippen molar-refractivity contribution in [3.8, 4) is 5.75 Å². The topological polar surface area (TPSA) is 55.4 Å². The predicted molar refractivity (Wildman–Crippen MR) is 81.8 cm³/mol. The maximum absolute atomic E-state index is 12.0. The number of carbonyl (C=O) groups excluding carboxylic acids is 2. The lowest BCUT2D eigenvalue weighted by Crippen LogP contribution is -2.14. The number of rotatable bonds is 5. The molecule has 0 atom stereocenters. The number of benzene rings is 2. The molecule has 2 aromatic rings. The summed E-state index contributed by atoms with van der Waals surface area (Å²) in [4.78, 5) is 23.3. The number of carbonyl (C=O) groups is 2. The minimum Gasteiger partial charge on any atom is -0.497 e. The van der Waals surface area contributed by atoms with E-state index in [0.29, 0.717) is 11.3 Å². The summed E-state index contributed by atoms with van der Waals surface area (Å²) in [7, 11) is 1.59. The van der Waals surface area contributed by atoms with Crippen LogP contribution in [0.1, 0.15) is 22.8 Å². The number of Topliss-reactive ketones (excluding diaryl/α,β-unsaturated/α-hetero) is 1. The van der Waals surface area contributed by atoms with Crippen molar-refractivity contribution in [2.45, 2.75) is 13.3 Å². The summed E-state index contributed by atoms with van der Waals surface area (Å²) in [5.74, 6) is 0.557. The number of ketones is 1. The molecule has 0 saturated carbocycles. The quantitative estimate of drug-likeness (QED) is 0.858. The molecule has 0 radical (unpaired) electrons. The van der Waals surface area contributed by atoms with Crippen LogP contribution in [0.25, 0.3) is 0 Å². The van der Waals surface area contributed by atoms with Crippen LogP contribution in [-0.4, -0.2) is 18.8 Å². The fraction of sp³-hybridized carbons (Fsp3) is 0.176. The standard InChI is InChI=1S/C17H17NO3/c1-12(19)14-6-4-7-15(11-14)18-17(20)10-13-5-3-8-16(9-13)21-2/h3-9,11H,10H2,1-2H3,(H,18,20). The van der Waals surface area contributed by atoms with Crippen LogP contribution in [0.5, 0.6) is 5.75 Å². The molecule has 0 heterocycles. The SMILES string of the molecule is COc1cccc(CC(=O)Nc2cccc(C(C)=O)c2)c1. The highest BCUT2D eigenvalue weighted by Gasteiger charge is 2.06. The zero-order valence-electron chi connectivity index (χ0n) is 12.1. The van der Waals surface area contributed by atoms with Gasteiger partial charge in [-0.3, -0.25) is 9.59 Å². The Morgan fingerprint density at radius 2 is 1.86 bits per heavy atom.